The summed E-state index contributed by atoms with van der Waals surface area (Å²) in [4.78, 5) is 4.32. The number of aromatic amines is 1. The van der Waals surface area contributed by atoms with E-state index in [2.05, 4.69) is 21.3 Å². The Morgan fingerprint density at radius 1 is 1.10 bits per heavy atom. The van der Waals surface area contributed by atoms with E-state index in [4.69, 9.17) is 5.26 Å². The van der Waals surface area contributed by atoms with Crippen LogP contribution < -0.4 is 0 Å². The fraction of sp³-hybridized carbons (Fsp3) is 0.312. The molecule has 1 aliphatic rings. The van der Waals surface area contributed by atoms with Gasteiger partial charge < -0.3 is 0 Å². The molecule has 1 N–H and O–H groups in total. The minimum absolute atomic E-state index is 0.678. The highest BCUT2D eigenvalue weighted by Gasteiger charge is 2.17. The number of nitrogens with zero attached hydrogens (tertiary/aromatic N) is 3. The third kappa shape index (κ3) is 2.48. The lowest BCUT2D eigenvalue weighted by atomic mass is 9.87. The Bertz CT molecular complexity index is 637. The second-order valence-corrected chi connectivity index (χ2v) is 5.05. The quantitative estimate of drug-likeness (QED) is 0.903. The molecule has 1 aliphatic carbocycles. The molecule has 4 heteroatoms. The summed E-state index contributed by atoms with van der Waals surface area (Å²) in [6.45, 7) is 0. The third-order valence-corrected chi connectivity index (χ3v) is 3.75. The van der Waals surface area contributed by atoms with Gasteiger partial charge in [0.25, 0.3) is 0 Å². The summed E-state index contributed by atoms with van der Waals surface area (Å²) in [6, 6.07) is 9.84. The first-order valence-electron chi connectivity index (χ1n) is 6.97. The van der Waals surface area contributed by atoms with Crippen molar-refractivity contribution in [1.82, 2.24) is 15.2 Å². The van der Waals surface area contributed by atoms with Gasteiger partial charge in [0, 0.05) is 5.57 Å². The van der Waals surface area contributed by atoms with E-state index in [1.165, 1.54) is 24.8 Å². The molecule has 1 saturated carbocycles. The smallest absolute Gasteiger partial charge is 0.181 e. The maximum atomic E-state index is 8.91. The largest absolute Gasteiger partial charge is 0.265 e. The second-order valence-electron chi connectivity index (χ2n) is 5.05. The van der Waals surface area contributed by atoms with E-state index >= 15 is 0 Å². The van der Waals surface area contributed by atoms with E-state index in [0.29, 0.717) is 5.56 Å². The van der Waals surface area contributed by atoms with Gasteiger partial charge in [-0.3, -0.25) is 5.10 Å². The SMILES string of the molecule is N#Cc1ccc(C(=C2CCCCC2)c2nc[nH]n2)cc1. The lowest BCUT2D eigenvalue weighted by Crippen LogP contribution is -2.01. The Morgan fingerprint density at radius 2 is 1.85 bits per heavy atom. The normalized spacial score (nSPS) is 14.8. The molecular weight excluding hydrogens is 248 g/mol. The topological polar surface area (TPSA) is 65.4 Å². The van der Waals surface area contributed by atoms with Crippen LogP contribution in [-0.2, 0) is 0 Å². The molecule has 0 spiro atoms. The van der Waals surface area contributed by atoms with Crippen LogP contribution in [0.3, 0.4) is 0 Å². The van der Waals surface area contributed by atoms with Crippen LogP contribution in [0.15, 0.2) is 36.2 Å². The molecule has 100 valence electrons. The van der Waals surface area contributed by atoms with Crippen LogP contribution in [0.1, 0.15) is 49.1 Å². The number of allylic oxidation sites excluding steroid dienone is 1. The summed E-state index contributed by atoms with van der Waals surface area (Å²) in [5.74, 6) is 0.756. The van der Waals surface area contributed by atoms with Crippen LogP contribution >= 0.6 is 0 Å². The molecule has 0 radical (unpaired) electrons. The predicted molar refractivity (Wildman–Crippen MR) is 76.6 cm³/mol. The molecule has 0 bridgehead atoms. The number of nitrogens with one attached hydrogen (secondary N) is 1. The van der Waals surface area contributed by atoms with Gasteiger partial charge in [0.1, 0.15) is 6.33 Å². The van der Waals surface area contributed by atoms with Gasteiger partial charge in [-0.25, -0.2) is 4.98 Å². The fourth-order valence-corrected chi connectivity index (χ4v) is 2.76. The van der Waals surface area contributed by atoms with Crippen LogP contribution in [0.5, 0.6) is 0 Å². The zero-order chi connectivity index (χ0) is 13.8. The van der Waals surface area contributed by atoms with Crippen molar-refractivity contribution >= 4 is 5.57 Å². The third-order valence-electron chi connectivity index (χ3n) is 3.75. The van der Waals surface area contributed by atoms with E-state index < -0.39 is 0 Å². The second kappa shape index (κ2) is 5.70. The Kier molecular flexibility index (Phi) is 3.60. The minimum atomic E-state index is 0.678. The van der Waals surface area contributed by atoms with Crippen LogP contribution in [0.25, 0.3) is 5.57 Å². The summed E-state index contributed by atoms with van der Waals surface area (Å²) in [5.41, 5.74) is 4.34. The molecule has 0 atom stereocenters. The number of rotatable bonds is 2. The van der Waals surface area contributed by atoms with Crippen molar-refractivity contribution < 1.29 is 0 Å². The molecule has 1 aromatic heterocycles. The number of hydrogen-bond acceptors (Lipinski definition) is 3. The van der Waals surface area contributed by atoms with Gasteiger partial charge >= 0.3 is 0 Å². The number of hydrogen-bond donors (Lipinski definition) is 1. The molecule has 4 nitrogen and oxygen atoms in total. The first kappa shape index (κ1) is 12.6. The van der Waals surface area contributed by atoms with Gasteiger partial charge in [0.05, 0.1) is 11.6 Å². The highest BCUT2D eigenvalue weighted by Crippen LogP contribution is 2.33. The standard InChI is InChI=1S/C16H16N4/c17-10-12-6-8-14(9-7-12)15(16-18-11-19-20-16)13-4-2-1-3-5-13/h6-9,11H,1-5H2,(H,18,19,20). The average Bonchev–Trinajstić information content (AvgIpc) is 3.03. The van der Waals surface area contributed by atoms with Crippen LogP contribution in [0.4, 0.5) is 0 Å². The van der Waals surface area contributed by atoms with Gasteiger partial charge in [-0.2, -0.15) is 10.4 Å². The van der Waals surface area contributed by atoms with E-state index in [0.717, 1.165) is 29.8 Å². The first-order valence-corrected chi connectivity index (χ1v) is 6.97. The van der Waals surface area contributed by atoms with Crippen LogP contribution in [0, 0.1) is 11.3 Å². The molecule has 1 heterocycles. The van der Waals surface area contributed by atoms with Crippen molar-refractivity contribution in [3.05, 3.63) is 53.1 Å². The number of benzene rings is 1. The van der Waals surface area contributed by atoms with Crippen molar-refractivity contribution in [2.45, 2.75) is 32.1 Å². The molecule has 1 aromatic carbocycles. The molecule has 1 fully saturated rings. The van der Waals surface area contributed by atoms with Gasteiger partial charge in [-0.05, 0) is 43.4 Å². The maximum absolute atomic E-state index is 8.91. The van der Waals surface area contributed by atoms with Crippen molar-refractivity contribution in [2.75, 3.05) is 0 Å². The van der Waals surface area contributed by atoms with Crippen molar-refractivity contribution in [3.63, 3.8) is 0 Å². The minimum Gasteiger partial charge on any atom is -0.265 e. The average molecular weight is 264 g/mol. The number of H-pyrrole nitrogens is 1. The van der Waals surface area contributed by atoms with Gasteiger partial charge in [0.2, 0.25) is 0 Å². The summed E-state index contributed by atoms with van der Waals surface area (Å²) in [5, 5.41) is 16.0. The molecule has 0 aliphatic heterocycles. The molecular formula is C16H16N4. The highest BCUT2D eigenvalue weighted by molar-refractivity contribution is 5.79. The zero-order valence-electron chi connectivity index (χ0n) is 11.3. The Labute approximate surface area is 118 Å². The number of nitriles is 1. The molecule has 20 heavy (non-hydrogen) atoms. The van der Waals surface area contributed by atoms with Gasteiger partial charge in [-0.1, -0.05) is 24.1 Å². The fourth-order valence-electron chi connectivity index (χ4n) is 2.76. The summed E-state index contributed by atoms with van der Waals surface area (Å²) >= 11 is 0. The summed E-state index contributed by atoms with van der Waals surface area (Å²) < 4.78 is 0. The predicted octanol–water partition coefficient (Wildman–Crippen LogP) is 3.44. The maximum Gasteiger partial charge on any atom is 0.181 e. The monoisotopic (exact) mass is 264 g/mol. The Morgan fingerprint density at radius 3 is 2.45 bits per heavy atom. The Hall–Kier alpha value is -2.41. The van der Waals surface area contributed by atoms with Crippen LogP contribution in [-0.4, -0.2) is 15.2 Å². The van der Waals surface area contributed by atoms with E-state index in [-0.39, 0.29) is 0 Å². The zero-order valence-corrected chi connectivity index (χ0v) is 11.3. The van der Waals surface area contributed by atoms with Crippen LogP contribution in [0.2, 0.25) is 0 Å². The first-order chi connectivity index (χ1) is 9.88. The molecule has 2 aromatic rings. The molecule has 0 unspecified atom stereocenters. The lowest BCUT2D eigenvalue weighted by molar-refractivity contribution is 0.600. The summed E-state index contributed by atoms with van der Waals surface area (Å²) in [6.07, 6.45) is 7.62. The molecule has 0 amide bonds. The number of aromatic nitrogens is 3. The van der Waals surface area contributed by atoms with Crippen molar-refractivity contribution in [3.8, 4) is 6.07 Å². The molecule has 3 rings (SSSR count). The molecule has 0 saturated heterocycles. The van der Waals surface area contributed by atoms with Gasteiger partial charge in [-0.15, -0.1) is 0 Å². The van der Waals surface area contributed by atoms with Crippen molar-refractivity contribution in [1.29, 1.82) is 5.26 Å². The lowest BCUT2D eigenvalue weighted by Gasteiger charge is -2.18. The van der Waals surface area contributed by atoms with Gasteiger partial charge in [0.15, 0.2) is 5.82 Å². The highest BCUT2D eigenvalue weighted by atomic mass is 15.2. The Balaban J connectivity index is 2.07. The van der Waals surface area contributed by atoms with E-state index in [1.54, 1.807) is 6.33 Å². The van der Waals surface area contributed by atoms with Crippen molar-refractivity contribution in [2.24, 2.45) is 0 Å². The van der Waals surface area contributed by atoms with E-state index in [9.17, 15) is 0 Å². The summed E-state index contributed by atoms with van der Waals surface area (Å²) in [7, 11) is 0. The van der Waals surface area contributed by atoms with E-state index in [1.807, 2.05) is 24.3 Å².